The molecule has 8 heteroatoms. The van der Waals surface area contributed by atoms with E-state index in [1.807, 2.05) is 0 Å². The number of sulfonamides is 1. The predicted octanol–water partition coefficient (Wildman–Crippen LogP) is 1.39. The zero-order chi connectivity index (χ0) is 14.8. The molecule has 1 aromatic carbocycles. The SMILES string of the molecule is O=C(NCCNS(=O)(=O)c1ccc(Br)cc1F)C1CC1. The highest BCUT2D eigenvalue weighted by Gasteiger charge is 2.29. The third kappa shape index (κ3) is 4.00. The summed E-state index contributed by atoms with van der Waals surface area (Å²) in [5, 5.41) is 2.63. The molecule has 5 nitrogen and oxygen atoms in total. The van der Waals surface area contributed by atoms with E-state index in [2.05, 4.69) is 26.0 Å². The van der Waals surface area contributed by atoms with Crippen molar-refractivity contribution < 1.29 is 17.6 Å². The maximum Gasteiger partial charge on any atom is 0.243 e. The Kier molecular flexibility index (Phi) is 4.77. The first-order valence-electron chi connectivity index (χ1n) is 6.12. The van der Waals surface area contributed by atoms with E-state index < -0.39 is 20.7 Å². The molecule has 1 fully saturated rings. The zero-order valence-corrected chi connectivity index (χ0v) is 12.9. The lowest BCUT2D eigenvalue weighted by Gasteiger charge is -2.08. The smallest absolute Gasteiger partial charge is 0.243 e. The molecule has 0 saturated heterocycles. The van der Waals surface area contributed by atoms with Crippen molar-refractivity contribution in [2.75, 3.05) is 13.1 Å². The molecule has 1 aromatic rings. The first-order chi connectivity index (χ1) is 9.40. The Balaban J connectivity index is 1.88. The molecule has 110 valence electrons. The molecule has 1 amide bonds. The molecular formula is C12H14BrFN2O3S. The molecule has 0 atom stereocenters. The highest BCUT2D eigenvalue weighted by atomic mass is 79.9. The molecule has 2 N–H and O–H groups in total. The van der Waals surface area contributed by atoms with Gasteiger partial charge in [0.25, 0.3) is 0 Å². The molecule has 0 unspecified atom stereocenters. The summed E-state index contributed by atoms with van der Waals surface area (Å²) in [5.41, 5.74) is 0. The second-order valence-corrected chi connectivity index (χ2v) is 7.19. The van der Waals surface area contributed by atoms with Crippen molar-refractivity contribution in [3.05, 3.63) is 28.5 Å². The zero-order valence-electron chi connectivity index (χ0n) is 10.5. The van der Waals surface area contributed by atoms with Gasteiger partial charge in [-0.15, -0.1) is 0 Å². The van der Waals surface area contributed by atoms with Crippen LogP contribution in [0.1, 0.15) is 12.8 Å². The third-order valence-electron chi connectivity index (χ3n) is 2.85. The maximum atomic E-state index is 13.6. The number of hydrogen-bond donors (Lipinski definition) is 2. The van der Waals surface area contributed by atoms with Gasteiger partial charge in [0, 0.05) is 23.5 Å². The highest BCUT2D eigenvalue weighted by Crippen LogP contribution is 2.28. The minimum Gasteiger partial charge on any atom is -0.355 e. The molecule has 1 aliphatic carbocycles. The maximum absolute atomic E-state index is 13.6. The number of nitrogens with one attached hydrogen (secondary N) is 2. The standard InChI is InChI=1S/C12H14BrFN2O3S/c13-9-3-4-11(10(14)7-9)20(18,19)16-6-5-15-12(17)8-1-2-8/h3-4,7-8,16H,1-2,5-6H2,(H,15,17). The predicted molar refractivity (Wildman–Crippen MR) is 75.0 cm³/mol. The van der Waals surface area contributed by atoms with Crippen molar-refractivity contribution in [1.29, 1.82) is 0 Å². The van der Waals surface area contributed by atoms with Gasteiger partial charge in [0.05, 0.1) is 0 Å². The molecular weight excluding hydrogens is 351 g/mol. The minimum absolute atomic E-state index is 0.0241. The summed E-state index contributed by atoms with van der Waals surface area (Å²) in [6.07, 6.45) is 1.78. The van der Waals surface area contributed by atoms with Crippen molar-refractivity contribution in [3.8, 4) is 0 Å². The van der Waals surface area contributed by atoms with Crippen LogP contribution < -0.4 is 10.0 Å². The fourth-order valence-corrected chi connectivity index (χ4v) is 3.05. The van der Waals surface area contributed by atoms with Crippen LogP contribution in [-0.2, 0) is 14.8 Å². The van der Waals surface area contributed by atoms with Gasteiger partial charge in [-0.2, -0.15) is 0 Å². The van der Waals surface area contributed by atoms with Crippen LogP contribution in [0.2, 0.25) is 0 Å². The van der Waals surface area contributed by atoms with Crippen molar-refractivity contribution in [2.45, 2.75) is 17.7 Å². The lowest BCUT2D eigenvalue weighted by Crippen LogP contribution is -2.35. The van der Waals surface area contributed by atoms with E-state index in [0.717, 1.165) is 18.9 Å². The molecule has 2 rings (SSSR count). The number of hydrogen-bond acceptors (Lipinski definition) is 3. The molecule has 0 aromatic heterocycles. The second-order valence-electron chi connectivity index (χ2n) is 4.54. The fraction of sp³-hybridized carbons (Fsp3) is 0.417. The van der Waals surface area contributed by atoms with Crippen molar-refractivity contribution in [3.63, 3.8) is 0 Å². The van der Waals surface area contributed by atoms with E-state index in [4.69, 9.17) is 0 Å². The van der Waals surface area contributed by atoms with Crippen LogP contribution in [0.3, 0.4) is 0 Å². The molecule has 0 radical (unpaired) electrons. The minimum atomic E-state index is -3.91. The van der Waals surface area contributed by atoms with Crippen LogP contribution in [0.4, 0.5) is 4.39 Å². The average Bonchev–Trinajstić information content (AvgIpc) is 3.18. The Hall–Kier alpha value is -0.990. The Bertz CT molecular complexity index is 617. The van der Waals surface area contributed by atoms with Gasteiger partial charge in [-0.05, 0) is 31.0 Å². The number of carbonyl (C=O) groups excluding carboxylic acids is 1. The van der Waals surface area contributed by atoms with E-state index in [0.29, 0.717) is 4.47 Å². The van der Waals surface area contributed by atoms with Crippen LogP contribution in [0.15, 0.2) is 27.6 Å². The Labute approximate surface area is 125 Å². The number of rotatable bonds is 6. The summed E-state index contributed by atoms with van der Waals surface area (Å²) in [6.45, 7) is 0.211. The van der Waals surface area contributed by atoms with Crippen molar-refractivity contribution in [1.82, 2.24) is 10.0 Å². The molecule has 0 aliphatic heterocycles. The first kappa shape index (κ1) is 15.4. The van der Waals surface area contributed by atoms with E-state index in [9.17, 15) is 17.6 Å². The van der Waals surface area contributed by atoms with Gasteiger partial charge in [0.2, 0.25) is 15.9 Å². The molecule has 1 aliphatic rings. The lowest BCUT2D eigenvalue weighted by atomic mass is 10.3. The van der Waals surface area contributed by atoms with Gasteiger partial charge in [-0.25, -0.2) is 17.5 Å². The van der Waals surface area contributed by atoms with Gasteiger partial charge in [0.1, 0.15) is 10.7 Å². The Morgan fingerprint density at radius 1 is 1.35 bits per heavy atom. The topological polar surface area (TPSA) is 75.3 Å². The lowest BCUT2D eigenvalue weighted by molar-refractivity contribution is -0.122. The number of amides is 1. The van der Waals surface area contributed by atoms with Crippen LogP contribution in [0.25, 0.3) is 0 Å². The fourth-order valence-electron chi connectivity index (χ4n) is 1.63. The van der Waals surface area contributed by atoms with E-state index in [-0.39, 0.29) is 24.9 Å². The van der Waals surface area contributed by atoms with Gasteiger partial charge in [-0.1, -0.05) is 15.9 Å². The Morgan fingerprint density at radius 3 is 2.65 bits per heavy atom. The molecule has 0 heterocycles. The molecule has 20 heavy (non-hydrogen) atoms. The van der Waals surface area contributed by atoms with E-state index in [1.165, 1.54) is 12.1 Å². The average molecular weight is 365 g/mol. The number of benzene rings is 1. The van der Waals surface area contributed by atoms with Crippen LogP contribution in [-0.4, -0.2) is 27.4 Å². The van der Waals surface area contributed by atoms with Gasteiger partial charge >= 0.3 is 0 Å². The van der Waals surface area contributed by atoms with Crippen LogP contribution >= 0.6 is 15.9 Å². The molecule has 1 saturated carbocycles. The Morgan fingerprint density at radius 2 is 2.05 bits per heavy atom. The van der Waals surface area contributed by atoms with Gasteiger partial charge < -0.3 is 5.32 Å². The van der Waals surface area contributed by atoms with Crippen molar-refractivity contribution >= 4 is 31.9 Å². The van der Waals surface area contributed by atoms with Gasteiger partial charge in [-0.3, -0.25) is 4.79 Å². The summed E-state index contributed by atoms with van der Waals surface area (Å²) in [6, 6.07) is 3.72. The summed E-state index contributed by atoms with van der Waals surface area (Å²) < 4.78 is 40.0. The highest BCUT2D eigenvalue weighted by molar-refractivity contribution is 9.10. The summed E-state index contributed by atoms with van der Waals surface area (Å²) in [7, 11) is -3.91. The number of halogens is 2. The first-order valence-corrected chi connectivity index (χ1v) is 8.40. The summed E-state index contributed by atoms with van der Waals surface area (Å²) in [5.74, 6) is -0.802. The van der Waals surface area contributed by atoms with Gasteiger partial charge in [0.15, 0.2) is 0 Å². The van der Waals surface area contributed by atoms with Crippen LogP contribution in [0, 0.1) is 11.7 Å². The van der Waals surface area contributed by atoms with E-state index in [1.54, 1.807) is 0 Å². The number of carbonyl (C=O) groups is 1. The second kappa shape index (κ2) is 6.19. The quantitative estimate of drug-likeness (QED) is 0.749. The third-order valence-corrected chi connectivity index (χ3v) is 4.84. The molecule has 0 bridgehead atoms. The van der Waals surface area contributed by atoms with Crippen LogP contribution in [0.5, 0.6) is 0 Å². The summed E-state index contributed by atoms with van der Waals surface area (Å²) >= 11 is 3.06. The summed E-state index contributed by atoms with van der Waals surface area (Å²) in [4.78, 5) is 10.9. The largest absolute Gasteiger partial charge is 0.355 e. The van der Waals surface area contributed by atoms with Crippen molar-refractivity contribution in [2.24, 2.45) is 5.92 Å². The monoisotopic (exact) mass is 364 g/mol. The molecule has 0 spiro atoms. The normalized spacial score (nSPS) is 15.1. The van der Waals surface area contributed by atoms with E-state index >= 15 is 0 Å².